The molecule has 4 bridgehead atoms. The lowest BCUT2D eigenvalue weighted by Crippen LogP contribution is -2.48. The number of ether oxygens (including phenoxy) is 2. The molecule has 6 heteroatoms. The molecule has 0 aromatic carbocycles. The smallest absolute Gasteiger partial charge is 0.347 e. The number of rotatable bonds is 3. The zero-order valence-electron chi connectivity index (χ0n) is 15.2. The summed E-state index contributed by atoms with van der Waals surface area (Å²) in [5.74, 6) is 0.468. The Hall–Kier alpha value is -1.59. The third kappa shape index (κ3) is 1.96. The van der Waals surface area contributed by atoms with E-state index in [4.69, 9.17) is 9.47 Å². The first-order chi connectivity index (χ1) is 12.4. The Bertz CT molecular complexity index is 673. The number of esters is 2. The highest BCUT2D eigenvalue weighted by atomic mass is 16.6. The van der Waals surface area contributed by atoms with Crippen LogP contribution in [0.2, 0.25) is 0 Å². The van der Waals surface area contributed by atoms with E-state index < -0.39 is 35.8 Å². The van der Waals surface area contributed by atoms with Gasteiger partial charge in [-0.2, -0.15) is 0 Å². The first kappa shape index (κ1) is 16.6. The highest BCUT2D eigenvalue weighted by Crippen LogP contribution is 2.72. The van der Waals surface area contributed by atoms with Gasteiger partial charge < -0.3 is 14.6 Å². The standard InChI is InChI=1S/C20H26O6/c1-7-8(2)10-5-9(7)14-11-6-12(15(10)14)17(16(11)18(21)22)20(24)26-13-3-4-25-19(13)23/h7-17H,3-6H2,1-2H3,(H,21,22). The largest absolute Gasteiger partial charge is 0.481 e. The van der Waals surface area contributed by atoms with Gasteiger partial charge in [-0.25, -0.2) is 4.79 Å². The van der Waals surface area contributed by atoms with Crippen molar-refractivity contribution in [2.24, 2.45) is 59.2 Å². The number of aliphatic carboxylic acids is 1. The van der Waals surface area contributed by atoms with Gasteiger partial charge in [0, 0.05) is 6.42 Å². The number of hydrogen-bond acceptors (Lipinski definition) is 5. The summed E-state index contributed by atoms with van der Waals surface area (Å²) < 4.78 is 10.3. The first-order valence-corrected chi connectivity index (χ1v) is 10.00. The van der Waals surface area contributed by atoms with Crippen molar-refractivity contribution in [2.45, 2.75) is 39.2 Å². The molecule has 0 amide bonds. The van der Waals surface area contributed by atoms with E-state index in [1.807, 2.05) is 0 Å². The van der Waals surface area contributed by atoms with Gasteiger partial charge in [-0.05, 0) is 60.2 Å². The van der Waals surface area contributed by atoms with Gasteiger partial charge in [0.15, 0.2) is 0 Å². The van der Waals surface area contributed by atoms with Crippen LogP contribution in [-0.4, -0.2) is 35.7 Å². The molecule has 1 heterocycles. The second kappa shape index (κ2) is 5.46. The lowest BCUT2D eigenvalue weighted by atomic mass is 9.59. The summed E-state index contributed by atoms with van der Waals surface area (Å²) >= 11 is 0. The Morgan fingerprint density at radius 2 is 1.58 bits per heavy atom. The van der Waals surface area contributed by atoms with E-state index in [1.54, 1.807) is 0 Å². The lowest BCUT2D eigenvalue weighted by Gasteiger charge is -2.45. The van der Waals surface area contributed by atoms with E-state index in [0.29, 0.717) is 41.9 Å². The Balaban J connectivity index is 1.43. The van der Waals surface area contributed by atoms with Crippen molar-refractivity contribution < 1.29 is 29.0 Å². The molecule has 0 radical (unpaired) electrons. The van der Waals surface area contributed by atoms with Gasteiger partial charge in [0.2, 0.25) is 6.10 Å². The minimum absolute atomic E-state index is 0.0838. The molecule has 0 spiro atoms. The summed E-state index contributed by atoms with van der Waals surface area (Å²) in [7, 11) is 0. The van der Waals surface area contributed by atoms with Crippen LogP contribution in [0.1, 0.15) is 33.1 Å². The number of cyclic esters (lactones) is 1. The van der Waals surface area contributed by atoms with Gasteiger partial charge in [-0.1, -0.05) is 13.8 Å². The SMILES string of the molecule is CC1C(C)C2CC1C1C3CC(C(C(=O)OC4CCOC4=O)C3C(=O)O)C21. The molecule has 5 rings (SSSR count). The molecule has 1 N–H and O–H groups in total. The quantitative estimate of drug-likeness (QED) is 0.610. The van der Waals surface area contributed by atoms with Crippen LogP contribution in [0.25, 0.3) is 0 Å². The number of carboxylic acid groups (broad SMARTS) is 1. The average molecular weight is 362 g/mol. The van der Waals surface area contributed by atoms with Crippen molar-refractivity contribution in [3.63, 3.8) is 0 Å². The van der Waals surface area contributed by atoms with Crippen LogP contribution >= 0.6 is 0 Å². The normalized spacial score (nSPS) is 53.6. The van der Waals surface area contributed by atoms with Gasteiger partial charge in [-0.3, -0.25) is 9.59 Å². The molecule has 11 unspecified atom stereocenters. The first-order valence-electron chi connectivity index (χ1n) is 10.00. The monoisotopic (exact) mass is 362 g/mol. The summed E-state index contributed by atoms with van der Waals surface area (Å²) in [4.78, 5) is 36.6. The van der Waals surface area contributed by atoms with Gasteiger partial charge in [0.05, 0.1) is 18.4 Å². The van der Waals surface area contributed by atoms with Crippen molar-refractivity contribution >= 4 is 17.9 Å². The van der Waals surface area contributed by atoms with Crippen molar-refractivity contribution in [1.82, 2.24) is 0 Å². The number of carboxylic acids is 1. The van der Waals surface area contributed by atoms with Crippen molar-refractivity contribution in [2.75, 3.05) is 6.61 Å². The summed E-state index contributed by atoms with van der Waals surface area (Å²) in [6.45, 7) is 4.89. The topological polar surface area (TPSA) is 89.9 Å². The van der Waals surface area contributed by atoms with Crippen molar-refractivity contribution in [3.05, 3.63) is 0 Å². The van der Waals surface area contributed by atoms with E-state index in [2.05, 4.69) is 13.8 Å². The second-order valence-corrected chi connectivity index (χ2v) is 9.27. The molecule has 4 aliphatic carbocycles. The molecule has 142 valence electrons. The molecule has 6 nitrogen and oxygen atoms in total. The Kier molecular flexibility index (Phi) is 3.48. The molecule has 0 aromatic heterocycles. The van der Waals surface area contributed by atoms with E-state index in [9.17, 15) is 19.5 Å². The van der Waals surface area contributed by atoms with Gasteiger partial charge in [0.1, 0.15) is 0 Å². The molecule has 1 aliphatic heterocycles. The number of hydrogen-bond donors (Lipinski definition) is 1. The Labute approximate surface area is 152 Å². The van der Waals surface area contributed by atoms with E-state index in [-0.39, 0.29) is 18.4 Å². The fraction of sp³-hybridized carbons (Fsp3) is 0.850. The van der Waals surface area contributed by atoms with Crippen molar-refractivity contribution in [1.29, 1.82) is 0 Å². The van der Waals surface area contributed by atoms with E-state index in [0.717, 1.165) is 6.42 Å². The van der Waals surface area contributed by atoms with Crippen LogP contribution in [0.5, 0.6) is 0 Å². The summed E-state index contributed by atoms with van der Waals surface area (Å²) in [6, 6.07) is 0. The minimum Gasteiger partial charge on any atom is -0.481 e. The maximum Gasteiger partial charge on any atom is 0.347 e. The minimum atomic E-state index is -0.879. The summed E-state index contributed by atoms with van der Waals surface area (Å²) in [5, 5.41) is 9.88. The van der Waals surface area contributed by atoms with Crippen molar-refractivity contribution in [3.8, 4) is 0 Å². The molecule has 26 heavy (non-hydrogen) atoms. The van der Waals surface area contributed by atoms with Crippen LogP contribution in [-0.2, 0) is 23.9 Å². The average Bonchev–Trinajstić information content (AvgIpc) is 3.35. The van der Waals surface area contributed by atoms with Crippen LogP contribution in [0.15, 0.2) is 0 Å². The van der Waals surface area contributed by atoms with E-state index >= 15 is 0 Å². The van der Waals surface area contributed by atoms with Crippen LogP contribution in [0, 0.1) is 59.2 Å². The third-order valence-electron chi connectivity index (χ3n) is 8.70. The molecule has 4 saturated carbocycles. The van der Waals surface area contributed by atoms with Crippen LogP contribution in [0.3, 0.4) is 0 Å². The molecular weight excluding hydrogens is 336 g/mol. The lowest BCUT2D eigenvalue weighted by molar-refractivity contribution is -0.172. The molecule has 0 aromatic rings. The molecule has 5 fully saturated rings. The maximum absolute atomic E-state index is 12.9. The Morgan fingerprint density at radius 1 is 1.00 bits per heavy atom. The molecular formula is C20H26O6. The Morgan fingerprint density at radius 3 is 2.12 bits per heavy atom. The summed E-state index contributed by atoms with van der Waals surface area (Å²) in [5.41, 5.74) is 0. The molecule has 11 atom stereocenters. The fourth-order valence-electron chi connectivity index (χ4n) is 7.71. The maximum atomic E-state index is 12.9. The third-order valence-corrected chi connectivity index (χ3v) is 8.70. The fourth-order valence-corrected chi connectivity index (χ4v) is 7.71. The van der Waals surface area contributed by atoms with Gasteiger partial charge in [0.25, 0.3) is 0 Å². The number of carbonyl (C=O) groups excluding carboxylic acids is 2. The van der Waals surface area contributed by atoms with Gasteiger partial charge in [-0.15, -0.1) is 0 Å². The molecule has 1 saturated heterocycles. The predicted octanol–water partition coefficient (Wildman–Crippen LogP) is 1.97. The molecule has 5 aliphatic rings. The number of fused-ring (bicyclic) bond motifs is 9. The van der Waals surface area contributed by atoms with E-state index in [1.165, 1.54) is 6.42 Å². The van der Waals surface area contributed by atoms with Gasteiger partial charge >= 0.3 is 17.9 Å². The zero-order chi connectivity index (χ0) is 18.3. The number of carbonyl (C=O) groups is 3. The van der Waals surface area contributed by atoms with Crippen LogP contribution in [0.4, 0.5) is 0 Å². The highest BCUT2D eigenvalue weighted by Gasteiger charge is 2.71. The zero-order valence-corrected chi connectivity index (χ0v) is 15.2. The highest BCUT2D eigenvalue weighted by molar-refractivity contribution is 5.86. The summed E-state index contributed by atoms with van der Waals surface area (Å²) in [6.07, 6.45) is 1.53. The predicted molar refractivity (Wildman–Crippen MR) is 88.6 cm³/mol. The second-order valence-electron chi connectivity index (χ2n) is 9.27. The van der Waals surface area contributed by atoms with Crippen LogP contribution < -0.4 is 0 Å².